The van der Waals surface area contributed by atoms with E-state index in [0.29, 0.717) is 0 Å². The average Bonchev–Trinajstić information content (AvgIpc) is 2.43. The van der Waals surface area contributed by atoms with Gasteiger partial charge in [-0.2, -0.15) is 10.5 Å². The summed E-state index contributed by atoms with van der Waals surface area (Å²) in [5.41, 5.74) is 4.51. The number of pyridine rings is 1. The van der Waals surface area contributed by atoms with E-state index < -0.39 is 11.4 Å². The van der Waals surface area contributed by atoms with Crippen molar-refractivity contribution in [1.82, 2.24) is 4.98 Å². The molecular formula is C13H5BrClFN4O. The summed E-state index contributed by atoms with van der Waals surface area (Å²) in [5, 5.41) is 18.1. The van der Waals surface area contributed by atoms with Crippen LogP contribution in [0.4, 0.5) is 10.2 Å². The number of aromatic amines is 1. The summed E-state index contributed by atoms with van der Waals surface area (Å²) < 4.78 is 14.0. The van der Waals surface area contributed by atoms with E-state index in [4.69, 9.17) is 22.6 Å². The first kappa shape index (κ1) is 15.0. The molecule has 0 aliphatic carbocycles. The Hall–Kier alpha value is -2.35. The van der Waals surface area contributed by atoms with Gasteiger partial charge in [0.1, 0.15) is 34.9 Å². The van der Waals surface area contributed by atoms with Crippen LogP contribution in [-0.4, -0.2) is 4.98 Å². The molecule has 0 bridgehead atoms. The van der Waals surface area contributed by atoms with Crippen LogP contribution in [0, 0.1) is 28.5 Å². The van der Waals surface area contributed by atoms with Gasteiger partial charge in [0, 0.05) is 10.0 Å². The van der Waals surface area contributed by atoms with Crippen LogP contribution >= 0.6 is 27.5 Å². The van der Waals surface area contributed by atoms with Gasteiger partial charge < -0.3 is 10.7 Å². The number of hydrogen-bond donors (Lipinski definition) is 2. The molecule has 0 aliphatic heterocycles. The van der Waals surface area contributed by atoms with E-state index in [9.17, 15) is 14.4 Å². The standard InChI is InChI=1S/C13H5BrClFN4O/c14-8-1-5(2-9(16)11(8)15)10-6(3-17)12(19)20-13(21)7(10)4-18/h1-2H,(H3,19,20,21). The van der Waals surface area contributed by atoms with Crippen LogP contribution in [0.2, 0.25) is 5.02 Å². The van der Waals surface area contributed by atoms with Crippen molar-refractivity contribution in [2.75, 3.05) is 5.73 Å². The molecule has 0 amide bonds. The first-order valence-corrected chi connectivity index (χ1v) is 6.58. The second-order valence-electron chi connectivity index (χ2n) is 3.97. The molecule has 0 radical (unpaired) electrons. The zero-order valence-corrected chi connectivity index (χ0v) is 12.5. The minimum atomic E-state index is -0.757. The quantitative estimate of drug-likeness (QED) is 0.756. The first-order valence-electron chi connectivity index (χ1n) is 5.41. The Labute approximate surface area is 131 Å². The average molecular weight is 368 g/mol. The van der Waals surface area contributed by atoms with Crippen LogP contribution in [0.15, 0.2) is 21.4 Å². The van der Waals surface area contributed by atoms with Crippen molar-refractivity contribution >= 4 is 33.3 Å². The first-order chi connectivity index (χ1) is 9.90. The molecule has 1 aromatic heterocycles. The molecule has 0 unspecified atom stereocenters. The van der Waals surface area contributed by atoms with Crippen molar-refractivity contribution < 1.29 is 4.39 Å². The van der Waals surface area contributed by atoms with Gasteiger partial charge in [-0.25, -0.2) is 4.39 Å². The minimum absolute atomic E-state index is 0.0301. The fourth-order valence-corrected chi connectivity index (χ4v) is 2.38. The number of hydrogen-bond acceptors (Lipinski definition) is 4. The van der Waals surface area contributed by atoms with E-state index in [1.807, 2.05) is 0 Å². The lowest BCUT2D eigenvalue weighted by molar-refractivity contribution is 0.628. The molecule has 8 heteroatoms. The Morgan fingerprint density at radius 1 is 1.29 bits per heavy atom. The number of benzene rings is 1. The Morgan fingerprint density at radius 2 is 1.90 bits per heavy atom. The number of rotatable bonds is 1. The molecule has 2 aromatic rings. The number of nitriles is 2. The van der Waals surface area contributed by atoms with E-state index in [1.54, 1.807) is 12.1 Å². The molecule has 0 saturated heterocycles. The molecule has 0 spiro atoms. The summed E-state index contributed by atoms with van der Waals surface area (Å²) in [4.78, 5) is 14.0. The normalized spacial score (nSPS) is 9.95. The van der Waals surface area contributed by atoms with Crippen molar-refractivity contribution in [1.29, 1.82) is 10.5 Å². The molecular weight excluding hydrogens is 363 g/mol. The second-order valence-corrected chi connectivity index (χ2v) is 5.20. The predicted octanol–water partition coefficient (Wildman–Crippen LogP) is 2.92. The highest BCUT2D eigenvalue weighted by molar-refractivity contribution is 9.10. The van der Waals surface area contributed by atoms with Crippen molar-refractivity contribution in [3.05, 3.63) is 48.9 Å². The second kappa shape index (κ2) is 5.57. The molecule has 21 heavy (non-hydrogen) atoms. The van der Waals surface area contributed by atoms with Gasteiger partial charge in [0.2, 0.25) is 0 Å². The summed E-state index contributed by atoms with van der Waals surface area (Å²) >= 11 is 8.77. The number of nitrogens with two attached hydrogens (primary N) is 1. The molecule has 0 aliphatic rings. The van der Waals surface area contributed by atoms with Crippen molar-refractivity contribution in [2.24, 2.45) is 0 Å². The molecule has 5 nitrogen and oxygen atoms in total. The number of halogens is 3. The van der Waals surface area contributed by atoms with Gasteiger partial charge >= 0.3 is 0 Å². The van der Waals surface area contributed by atoms with Crippen molar-refractivity contribution in [3.8, 4) is 23.3 Å². The lowest BCUT2D eigenvalue weighted by Gasteiger charge is -2.10. The van der Waals surface area contributed by atoms with Crippen LogP contribution in [0.1, 0.15) is 11.1 Å². The van der Waals surface area contributed by atoms with Gasteiger partial charge in [-0.3, -0.25) is 4.79 Å². The van der Waals surface area contributed by atoms with E-state index in [2.05, 4.69) is 20.9 Å². The number of nitrogens with zero attached hydrogens (tertiary/aromatic N) is 2. The number of nitrogens with one attached hydrogen (secondary N) is 1. The molecule has 1 aromatic carbocycles. The fourth-order valence-electron chi connectivity index (χ4n) is 1.83. The van der Waals surface area contributed by atoms with Crippen molar-refractivity contribution in [2.45, 2.75) is 0 Å². The monoisotopic (exact) mass is 366 g/mol. The van der Waals surface area contributed by atoms with Crippen LogP contribution < -0.4 is 11.3 Å². The van der Waals surface area contributed by atoms with Gasteiger partial charge in [-0.15, -0.1) is 0 Å². The largest absolute Gasteiger partial charge is 0.384 e. The number of H-pyrrole nitrogens is 1. The predicted molar refractivity (Wildman–Crippen MR) is 79.0 cm³/mol. The molecule has 3 N–H and O–H groups in total. The summed E-state index contributed by atoms with van der Waals surface area (Å²) in [5.74, 6) is -0.948. The molecule has 2 rings (SSSR count). The highest BCUT2D eigenvalue weighted by Crippen LogP contribution is 2.34. The maximum Gasteiger partial charge on any atom is 0.268 e. The summed E-state index contributed by atoms with van der Waals surface area (Å²) in [7, 11) is 0. The lowest BCUT2D eigenvalue weighted by Crippen LogP contribution is -2.16. The van der Waals surface area contributed by atoms with Crippen LogP contribution in [0.3, 0.4) is 0 Å². The molecule has 104 valence electrons. The maximum absolute atomic E-state index is 13.8. The molecule has 0 fully saturated rings. The van der Waals surface area contributed by atoms with Crippen LogP contribution in [-0.2, 0) is 0 Å². The Balaban J connectivity index is 2.97. The Morgan fingerprint density at radius 3 is 2.43 bits per heavy atom. The Bertz CT molecular complexity index is 872. The topological polar surface area (TPSA) is 106 Å². The zero-order chi connectivity index (χ0) is 15.7. The third-order valence-electron chi connectivity index (χ3n) is 2.74. The zero-order valence-electron chi connectivity index (χ0n) is 10.2. The lowest BCUT2D eigenvalue weighted by atomic mass is 9.96. The smallest absolute Gasteiger partial charge is 0.268 e. The van der Waals surface area contributed by atoms with Crippen molar-refractivity contribution in [3.63, 3.8) is 0 Å². The van der Waals surface area contributed by atoms with Gasteiger partial charge in [0.25, 0.3) is 5.56 Å². The summed E-state index contributed by atoms with van der Waals surface area (Å²) in [6.07, 6.45) is 0. The van der Waals surface area contributed by atoms with E-state index in [0.717, 1.165) is 6.07 Å². The third-order valence-corrected chi connectivity index (χ3v) is 3.98. The molecule has 0 saturated carbocycles. The number of nitrogen functional groups attached to an aromatic ring is 1. The summed E-state index contributed by atoms with van der Waals surface area (Å²) in [6, 6.07) is 5.93. The van der Waals surface area contributed by atoms with Gasteiger partial charge in [0.05, 0.1) is 5.02 Å². The van der Waals surface area contributed by atoms with E-state index in [-0.39, 0.29) is 37.6 Å². The fraction of sp³-hybridized carbons (Fsp3) is 0. The third kappa shape index (κ3) is 2.49. The van der Waals surface area contributed by atoms with Crippen LogP contribution in [0.25, 0.3) is 11.1 Å². The highest BCUT2D eigenvalue weighted by Gasteiger charge is 2.20. The number of anilines is 1. The number of aromatic nitrogens is 1. The Kier molecular flexibility index (Phi) is 3.99. The van der Waals surface area contributed by atoms with Gasteiger partial charge in [0.15, 0.2) is 0 Å². The molecule has 0 atom stereocenters. The van der Waals surface area contributed by atoms with Gasteiger partial charge in [-0.05, 0) is 33.6 Å². The van der Waals surface area contributed by atoms with E-state index >= 15 is 0 Å². The molecule has 1 heterocycles. The SMILES string of the molecule is N#Cc1c(N)[nH]c(=O)c(C#N)c1-c1cc(F)c(Cl)c(Br)c1. The highest BCUT2D eigenvalue weighted by atomic mass is 79.9. The van der Waals surface area contributed by atoms with Gasteiger partial charge in [-0.1, -0.05) is 11.6 Å². The maximum atomic E-state index is 13.8. The van der Waals surface area contributed by atoms with E-state index in [1.165, 1.54) is 6.07 Å². The minimum Gasteiger partial charge on any atom is -0.384 e. The van der Waals surface area contributed by atoms with Crippen LogP contribution in [0.5, 0.6) is 0 Å². The summed E-state index contributed by atoms with van der Waals surface area (Å²) in [6.45, 7) is 0.